The molecule has 2 heterocycles. The second-order valence-electron chi connectivity index (χ2n) is 4.98. The molecule has 3 rings (SSSR count). The normalized spacial score (nSPS) is 11.4. The molecular weight excluding hydrogens is 358 g/mol. The van der Waals surface area contributed by atoms with Gasteiger partial charge < -0.3 is 23.8 Å². The zero-order valence-electron chi connectivity index (χ0n) is 13.9. The monoisotopic (exact) mass is 372 g/mol. The maximum atomic E-state index is 11.3. The van der Waals surface area contributed by atoms with Crippen molar-refractivity contribution in [2.45, 2.75) is 5.16 Å². The molecule has 3 aromatic rings. The largest absolute Gasteiger partial charge is 0.544 e. The summed E-state index contributed by atoms with van der Waals surface area (Å²) in [7, 11) is 3.09. The van der Waals surface area contributed by atoms with E-state index in [1.807, 2.05) is 0 Å². The third kappa shape index (κ3) is 4.06. The average Bonchev–Trinajstić information content (AvgIpc) is 3.32. The summed E-state index contributed by atoms with van der Waals surface area (Å²) in [4.78, 5) is 15.6. The number of carboxylic acid groups (broad SMARTS) is 1. The number of thioether (sulfide) groups is 1. The predicted octanol–water partition coefficient (Wildman–Crippen LogP) is 1.96. The summed E-state index contributed by atoms with van der Waals surface area (Å²) in [5.74, 6) is 0.683. The predicted molar refractivity (Wildman–Crippen MR) is 92.5 cm³/mol. The minimum absolute atomic E-state index is 0.0753. The Balaban J connectivity index is 1.86. The topological polar surface area (TPSA) is 113 Å². The third-order valence-corrected chi connectivity index (χ3v) is 4.18. The summed E-state index contributed by atoms with van der Waals surface area (Å²) in [5, 5.41) is 18.4. The number of carbonyl (C=O) groups is 1. The number of methoxy groups -OCH3 is 2. The number of carboxylic acids is 1. The Morgan fingerprint density at radius 2 is 2.00 bits per heavy atom. The number of nitrogens with one attached hydrogen (secondary N) is 1. The molecule has 1 N–H and O–H groups in total. The minimum atomic E-state index is -1.35. The van der Waals surface area contributed by atoms with Gasteiger partial charge in [-0.05, 0) is 42.1 Å². The van der Waals surface area contributed by atoms with E-state index in [0.29, 0.717) is 28.6 Å². The fourth-order valence-corrected chi connectivity index (χ4v) is 2.78. The molecule has 0 radical (unpaired) electrons. The van der Waals surface area contributed by atoms with Gasteiger partial charge >= 0.3 is 0 Å². The number of H-pyrrole nitrogens is 1. The molecule has 0 aliphatic heterocycles. The van der Waals surface area contributed by atoms with Gasteiger partial charge in [-0.3, -0.25) is 5.10 Å². The molecule has 134 valence electrons. The van der Waals surface area contributed by atoms with Crippen LogP contribution in [0.1, 0.15) is 5.76 Å². The van der Waals surface area contributed by atoms with Gasteiger partial charge in [0.15, 0.2) is 5.82 Å². The quantitative estimate of drug-likeness (QED) is 0.495. The van der Waals surface area contributed by atoms with Crippen LogP contribution in [0.5, 0.6) is 11.5 Å². The van der Waals surface area contributed by atoms with Crippen LogP contribution in [-0.2, 0) is 4.79 Å². The van der Waals surface area contributed by atoms with Crippen LogP contribution < -0.4 is 14.6 Å². The second-order valence-corrected chi connectivity index (χ2v) is 5.99. The van der Waals surface area contributed by atoms with E-state index in [4.69, 9.17) is 13.9 Å². The molecule has 8 nitrogen and oxygen atoms in total. The first-order chi connectivity index (χ1) is 12.6. The Labute approximate surface area is 152 Å². The lowest BCUT2D eigenvalue weighted by molar-refractivity contribution is -0.298. The van der Waals surface area contributed by atoms with Crippen LogP contribution in [0.3, 0.4) is 0 Å². The maximum Gasteiger partial charge on any atom is 0.213 e. The van der Waals surface area contributed by atoms with Crippen molar-refractivity contribution in [2.75, 3.05) is 14.2 Å². The zero-order valence-corrected chi connectivity index (χ0v) is 14.7. The van der Waals surface area contributed by atoms with Crippen LogP contribution in [0.15, 0.2) is 51.1 Å². The van der Waals surface area contributed by atoms with Crippen molar-refractivity contribution in [2.24, 2.45) is 0 Å². The number of aromatic amines is 1. The number of ether oxygens (including phenoxy) is 2. The molecule has 0 aliphatic carbocycles. The van der Waals surface area contributed by atoms with Crippen molar-refractivity contribution >= 4 is 23.8 Å². The Morgan fingerprint density at radius 1 is 1.27 bits per heavy atom. The number of aromatic nitrogens is 3. The Morgan fingerprint density at radius 3 is 2.58 bits per heavy atom. The molecule has 0 fully saturated rings. The highest BCUT2D eigenvalue weighted by molar-refractivity contribution is 8.04. The summed E-state index contributed by atoms with van der Waals surface area (Å²) >= 11 is 0.854. The van der Waals surface area contributed by atoms with Gasteiger partial charge in [0.1, 0.15) is 17.3 Å². The Kier molecular flexibility index (Phi) is 5.28. The van der Waals surface area contributed by atoms with E-state index in [0.717, 1.165) is 11.8 Å². The van der Waals surface area contributed by atoms with Gasteiger partial charge in [-0.2, -0.15) is 0 Å². The van der Waals surface area contributed by atoms with E-state index >= 15 is 0 Å². The summed E-state index contributed by atoms with van der Waals surface area (Å²) in [6.45, 7) is 0. The number of carbonyl (C=O) groups excluding carboxylic acids is 1. The second kappa shape index (κ2) is 7.79. The van der Waals surface area contributed by atoms with Gasteiger partial charge in [0.05, 0.1) is 26.5 Å². The van der Waals surface area contributed by atoms with Crippen molar-refractivity contribution in [1.82, 2.24) is 15.2 Å². The fraction of sp³-hybridized carbons (Fsp3) is 0.118. The van der Waals surface area contributed by atoms with Crippen molar-refractivity contribution in [3.05, 3.63) is 47.3 Å². The molecule has 1 aromatic carbocycles. The van der Waals surface area contributed by atoms with E-state index in [2.05, 4.69) is 15.2 Å². The third-order valence-electron chi connectivity index (χ3n) is 3.31. The van der Waals surface area contributed by atoms with Gasteiger partial charge in [0.25, 0.3) is 0 Å². The number of benzene rings is 1. The number of rotatable bonds is 7. The van der Waals surface area contributed by atoms with E-state index < -0.39 is 5.97 Å². The highest BCUT2D eigenvalue weighted by Gasteiger charge is 2.12. The average molecular weight is 372 g/mol. The molecule has 0 unspecified atom stereocenters. The molecule has 0 aliphatic rings. The highest BCUT2D eigenvalue weighted by atomic mass is 32.2. The summed E-state index contributed by atoms with van der Waals surface area (Å²) < 4.78 is 15.6. The summed E-state index contributed by atoms with van der Waals surface area (Å²) in [5.41, 5.74) is 0.686. The van der Waals surface area contributed by atoms with E-state index in [9.17, 15) is 9.90 Å². The van der Waals surface area contributed by atoms with Crippen LogP contribution >= 0.6 is 11.8 Å². The van der Waals surface area contributed by atoms with E-state index in [-0.39, 0.29) is 10.1 Å². The van der Waals surface area contributed by atoms with Crippen molar-refractivity contribution in [3.8, 4) is 22.9 Å². The van der Waals surface area contributed by atoms with Crippen LogP contribution in [0.4, 0.5) is 0 Å². The molecule has 0 saturated carbocycles. The molecular formula is C17H14N3O5S-. The first-order valence-electron chi connectivity index (χ1n) is 7.39. The summed E-state index contributed by atoms with van der Waals surface area (Å²) in [6, 6.07) is 8.54. The zero-order chi connectivity index (χ0) is 18.5. The molecule has 0 bridgehead atoms. The number of furan rings is 1. The van der Waals surface area contributed by atoms with Crippen molar-refractivity contribution < 1.29 is 23.8 Å². The molecule has 2 aromatic heterocycles. The van der Waals surface area contributed by atoms with Gasteiger partial charge in [0, 0.05) is 16.5 Å². The van der Waals surface area contributed by atoms with E-state index in [1.54, 1.807) is 44.6 Å². The Hall–Kier alpha value is -3.20. The molecule has 0 amide bonds. The molecule has 0 atom stereocenters. The van der Waals surface area contributed by atoms with E-state index in [1.165, 1.54) is 12.3 Å². The smallest absolute Gasteiger partial charge is 0.213 e. The minimum Gasteiger partial charge on any atom is -0.544 e. The number of hydrogen-bond acceptors (Lipinski definition) is 8. The first kappa shape index (κ1) is 17.6. The van der Waals surface area contributed by atoms with Crippen molar-refractivity contribution in [1.29, 1.82) is 0 Å². The Bertz CT molecular complexity index is 912. The SMILES string of the molecule is COc1cc(OC)cc(-c2nc(S/C(=C\c3ccco3)C(=O)[O-])n[nH]2)c1. The van der Waals surface area contributed by atoms with Gasteiger partial charge in [-0.1, -0.05) is 0 Å². The lowest BCUT2D eigenvalue weighted by Gasteiger charge is -2.06. The fourth-order valence-electron chi connectivity index (χ4n) is 2.10. The van der Waals surface area contributed by atoms with Crippen LogP contribution in [0.2, 0.25) is 0 Å². The van der Waals surface area contributed by atoms with Crippen LogP contribution in [-0.4, -0.2) is 35.4 Å². The first-order valence-corrected chi connectivity index (χ1v) is 8.21. The van der Waals surface area contributed by atoms with Gasteiger partial charge in [-0.25, -0.2) is 4.98 Å². The number of nitrogens with zero attached hydrogens (tertiary/aromatic N) is 2. The molecule has 0 saturated heterocycles. The highest BCUT2D eigenvalue weighted by Crippen LogP contribution is 2.30. The molecule has 26 heavy (non-hydrogen) atoms. The standard InChI is InChI=1S/C17H15N3O5S/c1-23-12-6-10(7-13(8-12)24-2)15-18-17(20-19-15)26-14(16(21)22)9-11-4-3-5-25-11/h3-9H,1-2H3,(H,21,22)(H,18,19,20)/p-1/b14-9-. The number of aliphatic carboxylic acids is 1. The lowest BCUT2D eigenvalue weighted by atomic mass is 10.2. The van der Waals surface area contributed by atoms with Crippen LogP contribution in [0.25, 0.3) is 17.5 Å². The lowest BCUT2D eigenvalue weighted by Crippen LogP contribution is -2.23. The van der Waals surface area contributed by atoms with Gasteiger partial charge in [-0.15, -0.1) is 5.10 Å². The molecule has 0 spiro atoms. The molecule has 9 heteroatoms. The number of hydrogen-bond donors (Lipinski definition) is 1. The van der Waals surface area contributed by atoms with Crippen LogP contribution in [0, 0.1) is 0 Å². The van der Waals surface area contributed by atoms with Crippen molar-refractivity contribution in [3.63, 3.8) is 0 Å². The van der Waals surface area contributed by atoms with Gasteiger partial charge in [0.2, 0.25) is 5.16 Å². The maximum absolute atomic E-state index is 11.3. The summed E-state index contributed by atoms with van der Waals surface area (Å²) in [6.07, 6.45) is 2.80.